The molecule has 1 aliphatic heterocycles. The van der Waals surface area contributed by atoms with E-state index in [1.807, 2.05) is 11.0 Å². The van der Waals surface area contributed by atoms with Crippen molar-refractivity contribution in [2.24, 2.45) is 0 Å². The van der Waals surface area contributed by atoms with Gasteiger partial charge in [-0.25, -0.2) is 17.1 Å². The maximum absolute atomic E-state index is 14.4. The van der Waals surface area contributed by atoms with E-state index in [1.165, 1.54) is 22.7 Å². The van der Waals surface area contributed by atoms with Crippen LogP contribution in [0.25, 0.3) is 0 Å². The van der Waals surface area contributed by atoms with Crippen LogP contribution in [0.4, 0.5) is 10.1 Å². The topological polar surface area (TPSA) is 64.4 Å². The first-order valence-corrected chi connectivity index (χ1v) is 11.2. The summed E-state index contributed by atoms with van der Waals surface area (Å²) in [5.74, 6) is -0.435. The van der Waals surface area contributed by atoms with Crippen LogP contribution in [0.15, 0.2) is 36.4 Å². The Bertz CT molecular complexity index is 1020. The van der Waals surface area contributed by atoms with Crippen LogP contribution in [-0.2, 0) is 16.6 Å². The van der Waals surface area contributed by atoms with Crippen LogP contribution in [0.1, 0.15) is 17.5 Å². The smallest absolute Gasteiger partial charge is 0.211 e. The van der Waals surface area contributed by atoms with Crippen LogP contribution in [0.2, 0.25) is 10.0 Å². The molecule has 0 N–H and O–H groups in total. The van der Waals surface area contributed by atoms with Gasteiger partial charge in [0.25, 0.3) is 0 Å². The van der Waals surface area contributed by atoms with Gasteiger partial charge < -0.3 is 4.90 Å². The Morgan fingerprint density at radius 2 is 2.04 bits per heavy atom. The molecular weight excluding hydrogens is 424 g/mol. The van der Waals surface area contributed by atoms with Gasteiger partial charge in [-0.2, -0.15) is 5.26 Å². The first kappa shape index (κ1) is 20.9. The van der Waals surface area contributed by atoms with E-state index in [-0.39, 0.29) is 24.2 Å². The Hall–Kier alpha value is -1.85. The zero-order chi connectivity index (χ0) is 20.5. The highest BCUT2D eigenvalue weighted by molar-refractivity contribution is 7.88. The summed E-state index contributed by atoms with van der Waals surface area (Å²) in [6, 6.07) is 11.3. The van der Waals surface area contributed by atoms with E-state index in [0.29, 0.717) is 34.8 Å². The minimum Gasteiger partial charge on any atom is -0.363 e. The third-order valence-corrected chi connectivity index (χ3v) is 6.77. The fourth-order valence-electron chi connectivity index (χ4n) is 3.32. The van der Waals surface area contributed by atoms with Gasteiger partial charge in [-0.1, -0.05) is 29.3 Å². The quantitative estimate of drug-likeness (QED) is 0.701. The molecule has 1 atom stereocenters. The summed E-state index contributed by atoms with van der Waals surface area (Å²) in [5, 5.41) is 9.68. The Morgan fingerprint density at radius 1 is 1.29 bits per heavy atom. The minimum absolute atomic E-state index is 0.149. The van der Waals surface area contributed by atoms with E-state index in [4.69, 9.17) is 28.5 Å². The van der Waals surface area contributed by atoms with Gasteiger partial charge in [-0.3, -0.25) is 0 Å². The number of halogens is 3. The maximum atomic E-state index is 14.4. The van der Waals surface area contributed by atoms with Crippen molar-refractivity contribution in [1.29, 1.82) is 5.26 Å². The van der Waals surface area contributed by atoms with Crippen LogP contribution in [0.5, 0.6) is 0 Å². The third kappa shape index (κ3) is 4.41. The number of hydrogen-bond acceptors (Lipinski definition) is 4. The van der Waals surface area contributed by atoms with E-state index in [2.05, 4.69) is 0 Å². The SMILES string of the molecule is CS(=O)(=O)N1CC[C@H](N(Cc2c(F)cccc2Cl)c2ccc(C#N)c(Cl)c2)C1. The molecule has 2 aromatic rings. The predicted molar refractivity (Wildman–Crippen MR) is 109 cm³/mol. The van der Waals surface area contributed by atoms with Gasteiger partial charge in [-0.15, -0.1) is 0 Å². The van der Waals surface area contributed by atoms with Gasteiger partial charge in [0.1, 0.15) is 11.9 Å². The molecule has 1 saturated heterocycles. The monoisotopic (exact) mass is 441 g/mol. The highest BCUT2D eigenvalue weighted by atomic mass is 35.5. The summed E-state index contributed by atoms with van der Waals surface area (Å²) in [6.07, 6.45) is 1.75. The van der Waals surface area contributed by atoms with E-state index >= 15 is 0 Å². The summed E-state index contributed by atoms with van der Waals surface area (Å²) in [5.41, 5.74) is 1.32. The molecule has 0 aromatic heterocycles. The highest BCUT2D eigenvalue weighted by Crippen LogP contribution is 2.31. The molecular formula is C19H18Cl2FN3O2S. The average molecular weight is 442 g/mol. The van der Waals surface area contributed by atoms with Crippen molar-refractivity contribution in [3.8, 4) is 6.07 Å². The van der Waals surface area contributed by atoms with Crippen molar-refractivity contribution in [3.63, 3.8) is 0 Å². The molecule has 1 fully saturated rings. The lowest BCUT2D eigenvalue weighted by atomic mass is 10.1. The van der Waals surface area contributed by atoms with E-state index in [0.717, 1.165) is 0 Å². The molecule has 0 aliphatic carbocycles. The molecule has 1 heterocycles. The largest absolute Gasteiger partial charge is 0.363 e. The lowest BCUT2D eigenvalue weighted by Crippen LogP contribution is -2.38. The number of nitrogens with zero attached hydrogens (tertiary/aromatic N) is 3. The maximum Gasteiger partial charge on any atom is 0.211 e. The molecule has 0 unspecified atom stereocenters. The lowest BCUT2D eigenvalue weighted by molar-refractivity contribution is 0.472. The molecule has 9 heteroatoms. The second-order valence-electron chi connectivity index (χ2n) is 6.67. The Kier molecular flexibility index (Phi) is 6.15. The molecule has 0 bridgehead atoms. The number of rotatable bonds is 5. The zero-order valence-electron chi connectivity index (χ0n) is 15.1. The molecule has 0 radical (unpaired) electrons. The van der Waals surface area contributed by atoms with Gasteiger partial charge in [0.15, 0.2) is 0 Å². The lowest BCUT2D eigenvalue weighted by Gasteiger charge is -2.32. The van der Waals surface area contributed by atoms with Crippen LogP contribution in [-0.4, -0.2) is 38.1 Å². The van der Waals surface area contributed by atoms with Gasteiger partial charge in [0.2, 0.25) is 10.0 Å². The fourth-order valence-corrected chi connectivity index (χ4v) is 4.64. The minimum atomic E-state index is -3.32. The van der Waals surface area contributed by atoms with E-state index in [1.54, 1.807) is 24.3 Å². The summed E-state index contributed by atoms with van der Waals surface area (Å²) in [7, 11) is -3.32. The van der Waals surface area contributed by atoms with E-state index < -0.39 is 15.8 Å². The molecule has 5 nitrogen and oxygen atoms in total. The van der Waals surface area contributed by atoms with E-state index in [9.17, 15) is 12.8 Å². The third-order valence-electron chi connectivity index (χ3n) is 4.83. The molecule has 1 aliphatic rings. The number of nitriles is 1. The number of sulfonamides is 1. The van der Waals surface area contributed by atoms with Gasteiger partial charge in [0, 0.05) is 41.9 Å². The second-order valence-corrected chi connectivity index (χ2v) is 9.46. The highest BCUT2D eigenvalue weighted by Gasteiger charge is 2.33. The van der Waals surface area contributed by atoms with Gasteiger partial charge in [0.05, 0.1) is 16.8 Å². The molecule has 0 amide bonds. The average Bonchev–Trinajstić information content (AvgIpc) is 3.12. The number of hydrogen-bond donors (Lipinski definition) is 0. The van der Waals surface area contributed by atoms with Crippen molar-refractivity contribution in [2.45, 2.75) is 19.0 Å². The molecule has 2 aromatic carbocycles. The summed E-state index contributed by atoms with van der Waals surface area (Å²) < 4.78 is 39.6. The van der Waals surface area contributed by atoms with Crippen LogP contribution in [0, 0.1) is 17.1 Å². The first-order chi connectivity index (χ1) is 13.2. The Labute approximate surface area is 173 Å². The molecule has 3 rings (SSSR count). The zero-order valence-corrected chi connectivity index (χ0v) is 17.4. The van der Waals surface area contributed by atoms with Crippen molar-refractivity contribution in [1.82, 2.24) is 4.31 Å². The van der Waals surface area contributed by atoms with Gasteiger partial charge >= 0.3 is 0 Å². The summed E-state index contributed by atoms with van der Waals surface area (Å²) >= 11 is 12.4. The predicted octanol–water partition coefficient (Wildman–Crippen LogP) is 4.04. The second kappa shape index (κ2) is 8.26. The van der Waals surface area contributed by atoms with Crippen molar-refractivity contribution in [2.75, 3.05) is 24.2 Å². The van der Waals surface area contributed by atoms with Crippen LogP contribution in [0.3, 0.4) is 0 Å². The number of anilines is 1. The molecule has 28 heavy (non-hydrogen) atoms. The van der Waals surface area contributed by atoms with Crippen molar-refractivity contribution < 1.29 is 12.8 Å². The van der Waals surface area contributed by atoms with Gasteiger partial charge in [-0.05, 0) is 36.8 Å². The number of benzene rings is 2. The van der Waals surface area contributed by atoms with Crippen molar-refractivity contribution >= 4 is 38.9 Å². The van der Waals surface area contributed by atoms with Crippen LogP contribution < -0.4 is 4.90 Å². The normalized spacial score (nSPS) is 17.5. The molecule has 0 spiro atoms. The molecule has 0 saturated carbocycles. The Balaban J connectivity index is 2.00. The molecule has 148 valence electrons. The Morgan fingerprint density at radius 3 is 2.61 bits per heavy atom. The fraction of sp³-hybridized carbons (Fsp3) is 0.316. The first-order valence-electron chi connectivity index (χ1n) is 8.55. The summed E-state index contributed by atoms with van der Waals surface area (Å²) in [6.45, 7) is 0.813. The van der Waals surface area contributed by atoms with Crippen molar-refractivity contribution in [3.05, 3.63) is 63.4 Å². The van der Waals surface area contributed by atoms with Crippen LogP contribution >= 0.6 is 23.2 Å². The summed E-state index contributed by atoms with van der Waals surface area (Å²) in [4.78, 5) is 1.89. The standard InChI is InChI=1S/C19H18Cl2FN3O2S/c1-28(26,27)24-8-7-15(11-24)25(12-16-17(20)3-2-4-19(16)22)14-6-5-13(10-23)18(21)9-14/h2-6,9,15H,7-8,11-12H2,1H3/t15-/m0/s1.